The molecule has 36 heavy (non-hydrogen) atoms. The van der Waals surface area contributed by atoms with Crippen molar-refractivity contribution in [2.45, 2.75) is 37.1 Å². The van der Waals surface area contributed by atoms with Crippen molar-refractivity contribution >= 4 is 33.2 Å². The molecule has 0 saturated carbocycles. The number of benzene rings is 3. The van der Waals surface area contributed by atoms with E-state index < -0.39 is 16.1 Å². The highest BCUT2D eigenvalue weighted by atomic mass is 32.2. The van der Waals surface area contributed by atoms with E-state index in [1.807, 2.05) is 6.92 Å². The van der Waals surface area contributed by atoms with E-state index in [1.165, 1.54) is 16.4 Å². The standard InChI is InChI=1S/C27H29N3O5S/c1-2-35-23-17-15-22(16-18-23)28-26(31)20-11-13-21(14-12-20)29-27(32)25-10-6-7-19-30(25)36(33,34)24-8-4-3-5-9-24/h3-5,8-9,11-18,25H,2,6-7,10,19H2,1H3,(H,28,31)(H,29,32)/t25-/m0/s1. The molecule has 2 amide bonds. The molecule has 1 fully saturated rings. The molecule has 1 aliphatic heterocycles. The Bertz CT molecular complexity index is 1290. The lowest BCUT2D eigenvalue weighted by molar-refractivity contribution is -0.120. The zero-order valence-electron chi connectivity index (χ0n) is 20.0. The zero-order valence-corrected chi connectivity index (χ0v) is 20.8. The largest absolute Gasteiger partial charge is 0.494 e. The van der Waals surface area contributed by atoms with Crippen molar-refractivity contribution in [3.8, 4) is 5.75 Å². The third kappa shape index (κ3) is 5.92. The predicted octanol–water partition coefficient (Wildman–Crippen LogP) is 4.52. The third-order valence-electron chi connectivity index (χ3n) is 5.94. The van der Waals surface area contributed by atoms with Gasteiger partial charge in [0.1, 0.15) is 11.8 Å². The van der Waals surface area contributed by atoms with Gasteiger partial charge in [0.15, 0.2) is 0 Å². The van der Waals surface area contributed by atoms with E-state index in [0.29, 0.717) is 42.9 Å². The number of sulfonamides is 1. The van der Waals surface area contributed by atoms with E-state index in [2.05, 4.69) is 10.6 Å². The lowest BCUT2D eigenvalue weighted by Gasteiger charge is -2.33. The number of carbonyl (C=O) groups is 2. The average molecular weight is 508 g/mol. The van der Waals surface area contributed by atoms with Crippen molar-refractivity contribution in [2.24, 2.45) is 0 Å². The van der Waals surface area contributed by atoms with Crippen LogP contribution in [-0.2, 0) is 14.8 Å². The molecule has 3 aromatic carbocycles. The first-order chi connectivity index (χ1) is 17.4. The number of carbonyl (C=O) groups excluding carboxylic acids is 2. The maximum absolute atomic E-state index is 13.2. The van der Waals surface area contributed by atoms with Gasteiger partial charge in [-0.05, 0) is 80.4 Å². The highest BCUT2D eigenvalue weighted by Gasteiger charge is 2.37. The van der Waals surface area contributed by atoms with Crippen LogP contribution >= 0.6 is 0 Å². The number of piperidine rings is 1. The first kappa shape index (κ1) is 25.4. The molecule has 1 aliphatic rings. The van der Waals surface area contributed by atoms with Crippen molar-refractivity contribution in [1.29, 1.82) is 0 Å². The SMILES string of the molecule is CCOc1ccc(NC(=O)c2ccc(NC(=O)[C@@H]3CCCCN3S(=O)(=O)c3ccccc3)cc2)cc1. The van der Waals surface area contributed by atoms with Gasteiger partial charge in [0, 0.05) is 23.5 Å². The number of hydrogen-bond donors (Lipinski definition) is 2. The molecule has 2 N–H and O–H groups in total. The van der Waals surface area contributed by atoms with Gasteiger partial charge < -0.3 is 15.4 Å². The van der Waals surface area contributed by atoms with Gasteiger partial charge in [-0.2, -0.15) is 4.31 Å². The molecule has 3 aromatic rings. The Kier molecular flexibility index (Phi) is 8.02. The van der Waals surface area contributed by atoms with Crippen molar-refractivity contribution < 1.29 is 22.7 Å². The van der Waals surface area contributed by atoms with Gasteiger partial charge in [-0.15, -0.1) is 0 Å². The Balaban J connectivity index is 1.41. The van der Waals surface area contributed by atoms with Gasteiger partial charge >= 0.3 is 0 Å². The van der Waals surface area contributed by atoms with Crippen LogP contribution in [0.15, 0.2) is 83.8 Å². The van der Waals surface area contributed by atoms with Gasteiger partial charge in [-0.25, -0.2) is 8.42 Å². The molecule has 9 heteroatoms. The Morgan fingerprint density at radius 2 is 1.53 bits per heavy atom. The molecule has 188 valence electrons. The second-order valence-electron chi connectivity index (χ2n) is 8.42. The second-order valence-corrected chi connectivity index (χ2v) is 10.3. The van der Waals surface area contributed by atoms with Crippen LogP contribution in [0.1, 0.15) is 36.5 Å². The van der Waals surface area contributed by atoms with Crippen molar-refractivity contribution in [3.63, 3.8) is 0 Å². The lowest BCUT2D eigenvalue weighted by atomic mass is 10.0. The van der Waals surface area contributed by atoms with Gasteiger partial charge in [0.25, 0.3) is 5.91 Å². The maximum atomic E-state index is 13.2. The fourth-order valence-corrected chi connectivity index (χ4v) is 5.79. The first-order valence-corrected chi connectivity index (χ1v) is 13.3. The van der Waals surface area contributed by atoms with Gasteiger partial charge in [-0.1, -0.05) is 24.6 Å². The quantitative estimate of drug-likeness (QED) is 0.467. The van der Waals surface area contributed by atoms with Crippen LogP contribution in [-0.4, -0.2) is 43.7 Å². The summed E-state index contributed by atoms with van der Waals surface area (Å²) in [6, 6.07) is 20.9. The molecule has 8 nitrogen and oxygen atoms in total. The number of nitrogens with one attached hydrogen (secondary N) is 2. The van der Waals surface area contributed by atoms with E-state index in [4.69, 9.17) is 4.74 Å². The smallest absolute Gasteiger partial charge is 0.255 e. The predicted molar refractivity (Wildman–Crippen MR) is 139 cm³/mol. The van der Waals surface area contributed by atoms with Crippen LogP contribution in [0.3, 0.4) is 0 Å². The first-order valence-electron chi connectivity index (χ1n) is 11.9. The Morgan fingerprint density at radius 3 is 2.19 bits per heavy atom. The van der Waals surface area contributed by atoms with Crippen LogP contribution in [0.4, 0.5) is 11.4 Å². The normalized spacial score (nSPS) is 16.2. The summed E-state index contributed by atoms with van der Waals surface area (Å²) in [6.45, 7) is 2.76. The number of nitrogens with zero attached hydrogens (tertiary/aromatic N) is 1. The fourth-order valence-electron chi connectivity index (χ4n) is 4.12. The van der Waals surface area contributed by atoms with Crippen molar-refractivity contribution in [2.75, 3.05) is 23.8 Å². The molecule has 1 saturated heterocycles. The summed E-state index contributed by atoms with van der Waals surface area (Å²) >= 11 is 0. The average Bonchev–Trinajstić information content (AvgIpc) is 2.91. The van der Waals surface area contributed by atoms with E-state index in [9.17, 15) is 18.0 Å². The second kappa shape index (κ2) is 11.4. The molecular weight excluding hydrogens is 478 g/mol. The number of rotatable bonds is 8. The zero-order chi connectivity index (χ0) is 25.5. The molecule has 0 bridgehead atoms. The molecule has 4 rings (SSSR count). The van der Waals surface area contributed by atoms with Gasteiger partial charge in [0.05, 0.1) is 11.5 Å². The van der Waals surface area contributed by atoms with Crippen LogP contribution in [0.2, 0.25) is 0 Å². The van der Waals surface area contributed by atoms with E-state index in [0.717, 1.165) is 12.2 Å². The number of hydrogen-bond acceptors (Lipinski definition) is 5. The minimum Gasteiger partial charge on any atom is -0.494 e. The molecule has 0 aromatic heterocycles. The van der Waals surface area contributed by atoms with Gasteiger partial charge in [0.2, 0.25) is 15.9 Å². The summed E-state index contributed by atoms with van der Waals surface area (Å²) in [5.41, 5.74) is 1.55. The summed E-state index contributed by atoms with van der Waals surface area (Å²) in [7, 11) is -3.79. The third-order valence-corrected chi connectivity index (χ3v) is 7.87. The topological polar surface area (TPSA) is 105 Å². The minimum atomic E-state index is -3.79. The van der Waals surface area contributed by atoms with Crippen LogP contribution < -0.4 is 15.4 Å². The molecule has 1 atom stereocenters. The fraction of sp³-hybridized carbons (Fsp3) is 0.259. The summed E-state index contributed by atoms with van der Waals surface area (Å²) < 4.78 is 33.0. The Labute approximate surface area is 211 Å². The highest BCUT2D eigenvalue weighted by Crippen LogP contribution is 2.26. The summed E-state index contributed by atoms with van der Waals surface area (Å²) in [6.07, 6.45) is 1.91. The van der Waals surface area contributed by atoms with E-state index >= 15 is 0 Å². The molecule has 0 radical (unpaired) electrons. The molecule has 0 spiro atoms. The molecule has 1 heterocycles. The van der Waals surface area contributed by atoms with Crippen LogP contribution in [0, 0.1) is 0 Å². The summed E-state index contributed by atoms with van der Waals surface area (Å²) in [5, 5.41) is 5.63. The lowest BCUT2D eigenvalue weighted by Crippen LogP contribution is -2.49. The van der Waals surface area contributed by atoms with Crippen molar-refractivity contribution in [3.05, 3.63) is 84.4 Å². The number of ether oxygens (including phenoxy) is 1. The summed E-state index contributed by atoms with van der Waals surface area (Å²) in [4.78, 5) is 25.8. The van der Waals surface area contributed by atoms with E-state index in [1.54, 1.807) is 66.7 Å². The Hall–Kier alpha value is -3.69. The molecule has 0 unspecified atom stereocenters. The van der Waals surface area contributed by atoms with Gasteiger partial charge in [-0.3, -0.25) is 9.59 Å². The Morgan fingerprint density at radius 1 is 0.889 bits per heavy atom. The number of amides is 2. The maximum Gasteiger partial charge on any atom is 0.255 e. The molecule has 0 aliphatic carbocycles. The van der Waals surface area contributed by atoms with Crippen LogP contribution in [0.25, 0.3) is 0 Å². The summed E-state index contributed by atoms with van der Waals surface area (Å²) in [5.74, 6) is 0.0499. The van der Waals surface area contributed by atoms with Crippen molar-refractivity contribution in [1.82, 2.24) is 4.31 Å². The number of anilines is 2. The minimum absolute atomic E-state index is 0.174. The molecular formula is C27H29N3O5S. The van der Waals surface area contributed by atoms with E-state index in [-0.39, 0.29) is 16.7 Å². The van der Waals surface area contributed by atoms with Crippen LogP contribution in [0.5, 0.6) is 5.75 Å². The highest BCUT2D eigenvalue weighted by molar-refractivity contribution is 7.89. The monoisotopic (exact) mass is 507 g/mol.